The number of hydrogen-bond acceptors (Lipinski definition) is 6. The van der Waals surface area contributed by atoms with Crippen molar-refractivity contribution in [2.75, 3.05) is 19.8 Å². The highest BCUT2D eigenvalue weighted by atomic mass is 16.6. The maximum atomic E-state index is 12.5. The van der Waals surface area contributed by atoms with Gasteiger partial charge in [0.05, 0.1) is 6.61 Å². The topological polar surface area (TPSA) is 78.9 Å². The fourth-order valence-electron chi connectivity index (χ4n) is 3.06. The second-order valence-electron chi connectivity index (χ2n) is 7.92. The Balaban J connectivity index is 2.55. The molecule has 0 spiro atoms. The van der Waals surface area contributed by atoms with E-state index in [1.54, 1.807) is 27.7 Å². The number of hydrogen-bond donors (Lipinski definition) is 0. The lowest BCUT2D eigenvalue weighted by atomic mass is 9.90. The summed E-state index contributed by atoms with van der Waals surface area (Å²) in [7, 11) is 0. The molecule has 0 aromatic heterocycles. The van der Waals surface area contributed by atoms with Crippen LogP contribution in [0.4, 0.5) is 0 Å². The van der Waals surface area contributed by atoms with Gasteiger partial charge < -0.3 is 14.2 Å². The molecule has 1 unspecified atom stereocenters. The SMILES string of the molecule is CCOC(=O)CCC(C(=O)COCC1CCCCC1)C(=O)OC(C)(C)C. The third-order valence-corrected chi connectivity index (χ3v) is 4.35. The van der Waals surface area contributed by atoms with Crippen molar-refractivity contribution in [2.45, 2.75) is 78.2 Å². The average Bonchev–Trinajstić information content (AvgIpc) is 2.54. The zero-order chi connectivity index (χ0) is 19.6. The number of rotatable bonds is 10. The van der Waals surface area contributed by atoms with Gasteiger partial charge in [0, 0.05) is 13.0 Å². The molecule has 0 bridgehead atoms. The fraction of sp³-hybridized carbons (Fsp3) is 0.850. The molecule has 0 N–H and O–H groups in total. The third kappa shape index (κ3) is 9.32. The molecule has 0 aromatic carbocycles. The van der Waals surface area contributed by atoms with E-state index < -0.39 is 23.5 Å². The van der Waals surface area contributed by atoms with Crippen molar-refractivity contribution in [3.05, 3.63) is 0 Å². The summed E-state index contributed by atoms with van der Waals surface area (Å²) in [5, 5.41) is 0. The van der Waals surface area contributed by atoms with Crippen LogP contribution in [0, 0.1) is 11.8 Å². The molecule has 6 heteroatoms. The first-order valence-corrected chi connectivity index (χ1v) is 9.72. The van der Waals surface area contributed by atoms with Crippen LogP contribution in [0.1, 0.15) is 72.6 Å². The first kappa shape index (κ1) is 22.6. The number of ether oxygens (including phenoxy) is 3. The second-order valence-corrected chi connectivity index (χ2v) is 7.92. The molecule has 1 aliphatic rings. The fourth-order valence-corrected chi connectivity index (χ4v) is 3.06. The minimum atomic E-state index is -0.995. The number of ketones is 1. The lowest BCUT2D eigenvalue weighted by Gasteiger charge is -2.24. The maximum Gasteiger partial charge on any atom is 0.317 e. The van der Waals surface area contributed by atoms with Gasteiger partial charge in [0.15, 0.2) is 5.78 Å². The highest BCUT2D eigenvalue weighted by Crippen LogP contribution is 2.24. The van der Waals surface area contributed by atoms with Gasteiger partial charge in [0.1, 0.15) is 18.1 Å². The van der Waals surface area contributed by atoms with Crippen LogP contribution in [0.2, 0.25) is 0 Å². The van der Waals surface area contributed by atoms with E-state index in [-0.39, 0.29) is 31.8 Å². The minimum absolute atomic E-state index is 0.00607. The van der Waals surface area contributed by atoms with E-state index in [9.17, 15) is 14.4 Å². The Kier molecular flexibility index (Phi) is 9.84. The summed E-state index contributed by atoms with van der Waals surface area (Å²) in [6.45, 7) is 7.65. The smallest absolute Gasteiger partial charge is 0.317 e. The first-order valence-electron chi connectivity index (χ1n) is 9.72. The van der Waals surface area contributed by atoms with Crippen molar-refractivity contribution in [1.82, 2.24) is 0 Å². The maximum absolute atomic E-state index is 12.5. The van der Waals surface area contributed by atoms with Crippen molar-refractivity contribution in [1.29, 1.82) is 0 Å². The molecule has 0 saturated heterocycles. The predicted octanol–water partition coefficient (Wildman–Crippen LogP) is 3.45. The third-order valence-electron chi connectivity index (χ3n) is 4.35. The molecule has 0 heterocycles. The van der Waals surface area contributed by atoms with E-state index >= 15 is 0 Å². The van der Waals surface area contributed by atoms with Crippen LogP contribution < -0.4 is 0 Å². The summed E-state index contributed by atoms with van der Waals surface area (Å²) in [5.41, 5.74) is -0.692. The van der Waals surface area contributed by atoms with Crippen molar-refractivity contribution in [3.8, 4) is 0 Å². The summed E-state index contributed by atoms with van der Waals surface area (Å²) in [5.74, 6) is -1.86. The van der Waals surface area contributed by atoms with Gasteiger partial charge in [-0.1, -0.05) is 19.3 Å². The number of carbonyl (C=O) groups excluding carboxylic acids is 3. The molecule has 1 atom stereocenters. The van der Waals surface area contributed by atoms with E-state index in [0.29, 0.717) is 12.5 Å². The van der Waals surface area contributed by atoms with Gasteiger partial charge in [-0.05, 0) is 52.9 Å². The Labute approximate surface area is 156 Å². The van der Waals surface area contributed by atoms with Gasteiger partial charge in [0.25, 0.3) is 0 Å². The van der Waals surface area contributed by atoms with Gasteiger partial charge in [-0.25, -0.2) is 0 Å². The quantitative estimate of drug-likeness (QED) is 0.433. The number of esters is 2. The van der Waals surface area contributed by atoms with E-state index in [2.05, 4.69) is 0 Å². The molecular weight excluding hydrogens is 336 g/mol. The Morgan fingerprint density at radius 1 is 1.08 bits per heavy atom. The molecule has 1 saturated carbocycles. The van der Waals surface area contributed by atoms with Crippen molar-refractivity contribution < 1.29 is 28.6 Å². The van der Waals surface area contributed by atoms with Gasteiger partial charge >= 0.3 is 11.9 Å². The van der Waals surface area contributed by atoms with Gasteiger partial charge in [-0.2, -0.15) is 0 Å². The number of Topliss-reactive ketones (excluding diaryl/α,β-unsaturated/α-hetero) is 1. The second kappa shape index (κ2) is 11.3. The van der Waals surface area contributed by atoms with Crippen LogP contribution in [0.3, 0.4) is 0 Å². The molecule has 1 aliphatic carbocycles. The largest absolute Gasteiger partial charge is 0.466 e. The summed E-state index contributed by atoms with van der Waals surface area (Å²) in [6.07, 6.45) is 6.04. The van der Waals surface area contributed by atoms with E-state index in [0.717, 1.165) is 12.8 Å². The lowest BCUT2D eigenvalue weighted by Crippen LogP contribution is -2.35. The summed E-state index contributed by atoms with van der Waals surface area (Å²) >= 11 is 0. The molecule has 1 rings (SSSR count). The lowest BCUT2D eigenvalue weighted by molar-refractivity contribution is -0.163. The van der Waals surface area contributed by atoms with E-state index in [4.69, 9.17) is 14.2 Å². The van der Waals surface area contributed by atoms with Crippen LogP contribution in [-0.2, 0) is 28.6 Å². The normalized spacial score (nSPS) is 16.8. The molecule has 0 aliphatic heterocycles. The molecule has 150 valence electrons. The van der Waals surface area contributed by atoms with Gasteiger partial charge in [-0.3, -0.25) is 14.4 Å². The molecule has 1 fully saturated rings. The van der Waals surface area contributed by atoms with Crippen molar-refractivity contribution in [2.24, 2.45) is 11.8 Å². The van der Waals surface area contributed by atoms with Crippen LogP contribution in [0.25, 0.3) is 0 Å². The Morgan fingerprint density at radius 2 is 1.73 bits per heavy atom. The van der Waals surface area contributed by atoms with Crippen LogP contribution in [-0.4, -0.2) is 43.1 Å². The van der Waals surface area contributed by atoms with E-state index in [1.165, 1.54) is 19.3 Å². The van der Waals surface area contributed by atoms with Crippen LogP contribution in [0.15, 0.2) is 0 Å². The zero-order valence-corrected chi connectivity index (χ0v) is 16.7. The van der Waals surface area contributed by atoms with Crippen molar-refractivity contribution >= 4 is 17.7 Å². The number of carbonyl (C=O) groups is 3. The van der Waals surface area contributed by atoms with Crippen LogP contribution >= 0.6 is 0 Å². The van der Waals surface area contributed by atoms with Crippen LogP contribution in [0.5, 0.6) is 0 Å². The van der Waals surface area contributed by atoms with E-state index in [1.807, 2.05) is 0 Å². The monoisotopic (exact) mass is 370 g/mol. The summed E-state index contributed by atoms with van der Waals surface area (Å²) < 4.78 is 15.8. The molecule has 26 heavy (non-hydrogen) atoms. The average molecular weight is 370 g/mol. The highest BCUT2D eigenvalue weighted by Gasteiger charge is 2.31. The standard InChI is InChI=1S/C20H34O6/c1-5-25-18(22)12-11-16(19(23)26-20(2,3)4)17(21)14-24-13-15-9-7-6-8-10-15/h15-16H,5-14H2,1-4H3. The van der Waals surface area contributed by atoms with Gasteiger partial charge in [0.2, 0.25) is 0 Å². The Morgan fingerprint density at radius 3 is 2.31 bits per heavy atom. The molecular formula is C20H34O6. The van der Waals surface area contributed by atoms with Crippen molar-refractivity contribution in [3.63, 3.8) is 0 Å². The summed E-state index contributed by atoms with van der Waals surface area (Å²) in [6, 6.07) is 0. The first-order chi connectivity index (χ1) is 12.2. The zero-order valence-electron chi connectivity index (χ0n) is 16.7. The Hall–Kier alpha value is -1.43. The minimum Gasteiger partial charge on any atom is -0.466 e. The Bertz CT molecular complexity index is 459. The van der Waals surface area contributed by atoms with Gasteiger partial charge in [-0.15, -0.1) is 0 Å². The molecule has 0 radical (unpaired) electrons. The molecule has 6 nitrogen and oxygen atoms in total. The predicted molar refractivity (Wildman–Crippen MR) is 97.6 cm³/mol. The molecule has 0 aromatic rings. The summed E-state index contributed by atoms with van der Waals surface area (Å²) in [4.78, 5) is 36.5. The molecule has 0 amide bonds. The highest BCUT2D eigenvalue weighted by molar-refractivity contribution is 6.00.